The molecular weight excluding hydrogens is 256 g/mol. The summed E-state index contributed by atoms with van der Waals surface area (Å²) in [6.07, 6.45) is 3.58. The van der Waals surface area contributed by atoms with Crippen LogP contribution in [0, 0.1) is 0 Å². The van der Waals surface area contributed by atoms with Crippen molar-refractivity contribution in [1.29, 1.82) is 0 Å². The van der Waals surface area contributed by atoms with E-state index < -0.39 is 0 Å². The van der Waals surface area contributed by atoms with Gasteiger partial charge >= 0.3 is 0 Å². The number of methoxy groups -OCH3 is 1. The van der Waals surface area contributed by atoms with Gasteiger partial charge in [0, 0.05) is 10.4 Å². The van der Waals surface area contributed by atoms with Gasteiger partial charge in [-0.15, -0.1) is 11.3 Å². The number of aryl methyl sites for hydroxylation is 2. The van der Waals surface area contributed by atoms with Gasteiger partial charge in [-0.3, -0.25) is 0 Å². The Hall–Kier alpha value is -1.39. The number of ether oxygens (including phenoxy) is 1. The molecule has 3 rings (SSSR count). The number of benzene rings is 1. The molecule has 1 unspecified atom stereocenters. The number of para-hydroxylation sites is 1. The number of thiazole rings is 1. The molecule has 0 saturated heterocycles. The summed E-state index contributed by atoms with van der Waals surface area (Å²) in [5.74, 6) is 0.914. The molecule has 1 aromatic heterocycles. The molecule has 0 bridgehead atoms. The lowest BCUT2D eigenvalue weighted by molar-refractivity contribution is 0.405. The van der Waals surface area contributed by atoms with Gasteiger partial charge in [0.15, 0.2) is 0 Å². The average molecular weight is 274 g/mol. The lowest BCUT2D eigenvalue weighted by Gasteiger charge is -2.17. The molecule has 1 aromatic carbocycles. The van der Waals surface area contributed by atoms with Crippen molar-refractivity contribution >= 4 is 11.3 Å². The fourth-order valence-electron chi connectivity index (χ4n) is 2.65. The third-order valence-electron chi connectivity index (χ3n) is 3.60. The lowest BCUT2D eigenvalue weighted by Crippen LogP contribution is -2.18. The molecular formula is C15H18N2OS. The van der Waals surface area contributed by atoms with Gasteiger partial charge in [0.25, 0.3) is 0 Å². The number of hydrogen-bond donors (Lipinski definition) is 1. The molecule has 4 heteroatoms. The monoisotopic (exact) mass is 274 g/mol. The van der Waals surface area contributed by atoms with E-state index in [2.05, 4.69) is 11.4 Å². The van der Waals surface area contributed by atoms with Crippen LogP contribution in [-0.4, -0.2) is 19.1 Å². The zero-order valence-corrected chi connectivity index (χ0v) is 12.1. The Balaban J connectivity index is 1.99. The minimum absolute atomic E-state index is 0.117. The molecule has 0 amide bonds. The molecule has 0 saturated carbocycles. The average Bonchev–Trinajstić information content (AvgIpc) is 3.01. The minimum Gasteiger partial charge on any atom is -0.496 e. The van der Waals surface area contributed by atoms with E-state index in [4.69, 9.17) is 9.72 Å². The van der Waals surface area contributed by atoms with Crippen molar-refractivity contribution in [3.63, 3.8) is 0 Å². The normalized spacial score (nSPS) is 15.3. The van der Waals surface area contributed by atoms with Crippen molar-refractivity contribution in [2.75, 3.05) is 14.2 Å². The Labute approximate surface area is 117 Å². The van der Waals surface area contributed by atoms with Crippen molar-refractivity contribution in [3.8, 4) is 5.75 Å². The lowest BCUT2D eigenvalue weighted by atomic mass is 10.1. The standard InChI is InChI=1S/C15H18N2OS/c1-16-14(10-6-3-4-8-12(10)18-2)15-17-11-7-5-9-13(11)19-15/h3-4,6,8,14,16H,5,7,9H2,1-2H3. The number of nitrogens with one attached hydrogen (secondary N) is 1. The first-order valence-electron chi connectivity index (χ1n) is 6.62. The van der Waals surface area contributed by atoms with E-state index in [-0.39, 0.29) is 6.04 Å². The van der Waals surface area contributed by atoms with Crippen LogP contribution in [0.4, 0.5) is 0 Å². The van der Waals surface area contributed by atoms with Crippen LogP contribution in [0.25, 0.3) is 0 Å². The fourth-order valence-corrected chi connectivity index (χ4v) is 3.93. The maximum Gasteiger partial charge on any atom is 0.124 e. The first-order chi connectivity index (χ1) is 9.33. The van der Waals surface area contributed by atoms with Gasteiger partial charge < -0.3 is 10.1 Å². The molecule has 0 radical (unpaired) electrons. The van der Waals surface area contributed by atoms with Crippen molar-refractivity contribution in [1.82, 2.24) is 10.3 Å². The summed E-state index contributed by atoms with van der Waals surface area (Å²) in [7, 11) is 3.69. The number of fused-ring (bicyclic) bond motifs is 1. The second-order valence-electron chi connectivity index (χ2n) is 4.74. The van der Waals surface area contributed by atoms with Crippen LogP contribution in [0.5, 0.6) is 5.75 Å². The summed E-state index contributed by atoms with van der Waals surface area (Å²) < 4.78 is 5.46. The van der Waals surface area contributed by atoms with Crippen LogP contribution in [0.1, 0.15) is 33.6 Å². The zero-order chi connectivity index (χ0) is 13.2. The summed E-state index contributed by atoms with van der Waals surface area (Å²) in [5, 5.41) is 4.52. The predicted molar refractivity (Wildman–Crippen MR) is 78.0 cm³/mol. The summed E-state index contributed by atoms with van der Waals surface area (Å²) in [5.41, 5.74) is 2.45. The summed E-state index contributed by atoms with van der Waals surface area (Å²) in [4.78, 5) is 6.28. The summed E-state index contributed by atoms with van der Waals surface area (Å²) in [6.45, 7) is 0. The van der Waals surface area contributed by atoms with E-state index in [1.807, 2.05) is 36.6 Å². The Morgan fingerprint density at radius 2 is 2.16 bits per heavy atom. The molecule has 3 nitrogen and oxygen atoms in total. The van der Waals surface area contributed by atoms with E-state index >= 15 is 0 Å². The van der Waals surface area contributed by atoms with Crippen LogP contribution >= 0.6 is 11.3 Å². The van der Waals surface area contributed by atoms with Crippen LogP contribution < -0.4 is 10.1 Å². The van der Waals surface area contributed by atoms with Gasteiger partial charge in [-0.1, -0.05) is 18.2 Å². The number of aromatic nitrogens is 1. The van der Waals surface area contributed by atoms with Crippen molar-refractivity contribution in [2.45, 2.75) is 25.3 Å². The molecule has 19 heavy (non-hydrogen) atoms. The highest BCUT2D eigenvalue weighted by Gasteiger charge is 2.23. The van der Waals surface area contributed by atoms with Gasteiger partial charge in [0.1, 0.15) is 10.8 Å². The Bertz CT molecular complexity index is 558. The van der Waals surface area contributed by atoms with E-state index in [9.17, 15) is 0 Å². The van der Waals surface area contributed by atoms with Crippen molar-refractivity contribution in [3.05, 3.63) is 45.4 Å². The van der Waals surface area contributed by atoms with E-state index in [0.717, 1.165) is 22.7 Å². The summed E-state index contributed by atoms with van der Waals surface area (Å²) >= 11 is 1.84. The quantitative estimate of drug-likeness (QED) is 0.930. The van der Waals surface area contributed by atoms with Crippen LogP contribution in [-0.2, 0) is 12.8 Å². The molecule has 1 aliphatic carbocycles. The largest absolute Gasteiger partial charge is 0.496 e. The van der Waals surface area contributed by atoms with Crippen molar-refractivity contribution < 1.29 is 4.74 Å². The van der Waals surface area contributed by atoms with Crippen LogP contribution in [0.2, 0.25) is 0 Å². The molecule has 1 heterocycles. The highest BCUT2D eigenvalue weighted by Crippen LogP contribution is 2.35. The highest BCUT2D eigenvalue weighted by molar-refractivity contribution is 7.11. The van der Waals surface area contributed by atoms with E-state index in [1.54, 1.807) is 7.11 Å². The van der Waals surface area contributed by atoms with Gasteiger partial charge in [-0.25, -0.2) is 4.98 Å². The number of nitrogens with zero attached hydrogens (tertiary/aromatic N) is 1. The third kappa shape index (κ3) is 2.26. The van der Waals surface area contributed by atoms with Gasteiger partial charge in [-0.05, 0) is 32.4 Å². The molecule has 0 aliphatic heterocycles. The molecule has 1 N–H and O–H groups in total. The van der Waals surface area contributed by atoms with E-state index in [1.165, 1.54) is 23.4 Å². The van der Waals surface area contributed by atoms with Gasteiger partial charge in [0.2, 0.25) is 0 Å². The number of rotatable bonds is 4. The topological polar surface area (TPSA) is 34.2 Å². The third-order valence-corrected chi connectivity index (χ3v) is 4.82. The molecule has 100 valence electrons. The second kappa shape index (κ2) is 5.31. The SMILES string of the molecule is CNC(c1nc2c(s1)CCC2)c1ccccc1OC. The van der Waals surface area contributed by atoms with E-state index in [0.29, 0.717) is 0 Å². The first-order valence-corrected chi connectivity index (χ1v) is 7.43. The maximum absolute atomic E-state index is 5.46. The molecule has 2 aromatic rings. The molecule has 1 aliphatic rings. The molecule has 1 atom stereocenters. The molecule has 0 fully saturated rings. The highest BCUT2D eigenvalue weighted by atomic mass is 32.1. The van der Waals surface area contributed by atoms with Gasteiger partial charge in [-0.2, -0.15) is 0 Å². The minimum atomic E-state index is 0.117. The Morgan fingerprint density at radius 1 is 1.32 bits per heavy atom. The van der Waals surface area contributed by atoms with Gasteiger partial charge in [0.05, 0.1) is 18.8 Å². The molecule has 0 spiro atoms. The predicted octanol–water partition coefficient (Wildman–Crippen LogP) is 2.95. The van der Waals surface area contributed by atoms with Crippen LogP contribution in [0.3, 0.4) is 0 Å². The smallest absolute Gasteiger partial charge is 0.124 e. The first kappa shape index (κ1) is 12.6. The zero-order valence-electron chi connectivity index (χ0n) is 11.3. The summed E-state index contributed by atoms with van der Waals surface area (Å²) in [6, 6.07) is 8.26. The maximum atomic E-state index is 5.46. The fraction of sp³-hybridized carbons (Fsp3) is 0.400. The van der Waals surface area contributed by atoms with Crippen molar-refractivity contribution in [2.24, 2.45) is 0 Å². The second-order valence-corrected chi connectivity index (χ2v) is 5.85. The Kier molecular flexibility index (Phi) is 3.53. The number of hydrogen-bond acceptors (Lipinski definition) is 4. The van der Waals surface area contributed by atoms with Crippen LogP contribution in [0.15, 0.2) is 24.3 Å². The Morgan fingerprint density at radius 3 is 2.89 bits per heavy atom.